The van der Waals surface area contributed by atoms with Crippen molar-refractivity contribution < 1.29 is 43.8 Å². The van der Waals surface area contributed by atoms with E-state index in [1.807, 2.05) is 0 Å². The number of rotatable bonds is 3. The number of phenols is 1. The molecule has 10 nitrogen and oxygen atoms in total. The van der Waals surface area contributed by atoms with Crippen LogP contribution in [0, 0.1) is 0 Å². The van der Waals surface area contributed by atoms with Gasteiger partial charge in [0.1, 0.15) is 24.4 Å². The predicted molar refractivity (Wildman–Crippen MR) is 88.3 cm³/mol. The van der Waals surface area contributed by atoms with E-state index in [0.717, 1.165) is 6.07 Å². The molecule has 1 saturated heterocycles. The fourth-order valence-electron chi connectivity index (χ4n) is 3.10. The highest BCUT2D eigenvalue weighted by molar-refractivity contribution is 6.08. The van der Waals surface area contributed by atoms with Crippen molar-refractivity contribution in [3.05, 3.63) is 34.9 Å². The van der Waals surface area contributed by atoms with E-state index >= 15 is 0 Å². The van der Waals surface area contributed by atoms with Crippen LogP contribution in [-0.2, 0) is 4.74 Å². The molecule has 0 spiro atoms. The molecule has 0 unspecified atom stereocenters. The lowest BCUT2D eigenvalue weighted by atomic mass is 9.99. The summed E-state index contributed by atoms with van der Waals surface area (Å²) in [5, 5.41) is 50.2. The van der Waals surface area contributed by atoms with Gasteiger partial charge in [-0.25, -0.2) is 4.79 Å². The second kappa shape index (κ2) is 6.51. The third-order valence-corrected chi connectivity index (χ3v) is 4.50. The van der Waals surface area contributed by atoms with E-state index in [4.69, 9.17) is 18.3 Å². The molecule has 4 rings (SSSR count). The predicted octanol–water partition coefficient (Wildman–Crippen LogP) is -0.577. The maximum absolute atomic E-state index is 11.6. The molecule has 10 heteroatoms. The summed E-state index contributed by atoms with van der Waals surface area (Å²) in [5.41, 5.74) is -0.561. The number of fused-ring (bicyclic) bond motifs is 3. The maximum atomic E-state index is 11.6. The van der Waals surface area contributed by atoms with Crippen LogP contribution >= 0.6 is 0 Å². The lowest BCUT2D eigenvalue weighted by molar-refractivity contribution is -0.277. The molecule has 3 heterocycles. The monoisotopic (exact) mass is 380 g/mol. The number of aliphatic hydroxyl groups is 4. The fraction of sp³-hybridized carbons (Fsp3) is 0.353. The molecule has 0 amide bonds. The molecule has 0 aliphatic carbocycles. The second-order valence-corrected chi connectivity index (χ2v) is 6.15. The van der Waals surface area contributed by atoms with Crippen molar-refractivity contribution in [2.24, 2.45) is 0 Å². The van der Waals surface area contributed by atoms with Crippen LogP contribution in [0.2, 0.25) is 0 Å². The molecule has 5 atom stereocenters. The van der Waals surface area contributed by atoms with E-state index in [1.54, 1.807) is 0 Å². The Bertz CT molecular complexity index is 1040. The van der Waals surface area contributed by atoms with Gasteiger partial charge in [-0.3, -0.25) is 0 Å². The molecule has 1 aromatic carbocycles. The Morgan fingerprint density at radius 2 is 1.78 bits per heavy atom. The summed E-state index contributed by atoms with van der Waals surface area (Å²) in [6, 6.07) is 3.97. The molecule has 27 heavy (non-hydrogen) atoms. The molecular formula is C17H16O10. The van der Waals surface area contributed by atoms with Crippen molar-refractivity contribution >= 4 is 21.9 Å². The van der Waals surface area contributed by atoms with Gasteiger partial charge >= 0.3 is 5.63 Å². The van der Waals surface area contributed by atoms with Gasteiger partial charge in [0.2, 0.25) is 12.0 Å². The summed E-state index contributed by atoms with van der Waals surface area (Å²) in [4.78, 5) is 11.6. The van der Waals surface area contributed by atoms with Crippen LogP contribution in [-0.4, -0.2) is 62.8 Å². The average molecular weight is 380 g/mol. The van der Waals surface area contributed by atoms with E-state index in [2.05, 4.69) is 0 Å². The summed E-state index contributed by atoms with van der Waals surface area (Å²) in [6.07, 6.45) is -6.32. The van der Waals surface area contributed by atoms with E-state index < -0.39 is 48.7 Å². The minimum atomic E-state index is -1.68. The highest BCUT2D eigenvalue weighted by atomic mass is 16.7. The van der Waals surface area contributed by atoms with Crippen LogP contribution in [0.5, 0.6) is 11.5 Å². The molecule has 0 saturated carbocycles. The first kappa shape index (κ1) is 17.8. The Morgan fingerprint density at radius 3 is 2.52 bits per heavy atom. The largest absolute Gasteiger partial charge is 0.502 e. The minimum absolute atomic E-state index is 0.0172. The molecule has 1 fully saturated rings. The van der Waals surface area contributed by atoms with E-state index in [9.17, 15) is 30.3 Å². The minimum Gasteiger partial charge on any atom is -0.502 e. The molecule has 0 radical (unpaired) electrons. The summed E-state index contributed by atoms with van der Waals surface area (Å²) in [6.45, 7) is -0.635. The van der Waals surface area contributed by atoms with Crippen molar-refractivity contribution in [3.8, 4) is 11.5 Å². The first-order valence-corrected chi connectivity index (χ1v) is 8.05. The van der Waals surface area contributed by atoms with E-state index in [-0.39, 0.29) is 22.3 Å². The first-order valence-electron chi connectivity index (χ1n) is 8.05. The standard InChI is InChI=1S/C17H16O10/c18-5-8-10(20)11(21)12(22)17(25-8)27-16-6-1-2-9(19)26-14(6)7-3-4-24-15(7)13(16)23/h1-4,8,10-12,17-18,20-23H,5H2/t8-,10-,11+,12-,17+/m0/s1. The summed E-state index contributed by atoms with van der Waals surface area (Å²) >= 11 is 0. The number of aromatic hydroxyl groups is 1. The number of phenolic OH excluding ortho intramolecular Hbond substituents is 1. The number of ether oxygens (including phenoxy) is 2. The van der Waals surface area contributed by atoms with Gasteiger partial charge in [-0.05, 0) is 12.1 Å². The third-order valence-electron chi connectivity index (χ3n) is 4.50. The molecule has 1 aliphatic heterocycles. The van der Waals surface area contributed by atoms with Crippen LogP contribution in [0.1, 0.15) is 0 Å². The Labute approximate surface area is 150 Å². The lowest BCUT2D eigenvalue weighted by Crippen LogP contribution is -2.60. The highest BCUT2D eigenvalue weighted by Gasteiger charge is 2.45. The van der Waals surface area contributed by atoms with Crippen molar-refractivity contribution in [1.29, 1.82) is 0 Å². The van der Waals surface area contributed by atoms with Crippen molar-refractivity contribution in [3.63, 3.8) is 0 Å². The van der Waals surface area contributed by atoms with Gasteiger partial charge in [0, 0.05) is 6.07 Å². The second-order valence-electron chi connectivity index (χ2n) is 6.15. The molecule has 5 N–H and O–H groups in total. The van der Waals surface area contributed by atoms with Gasteiger partial charge in [0.25, 0.3) is 0 Å². The lowest BCUT2D eigenvalue weighted by Gasteiger charge is -2.39. The zero-order valence-corrected chi connectivity index (χ0v) is 13.7. The van der Waals surface area contributed by atoms with Crippen LogP contribution in [0.4, 0.5) is 0 Å². The summed E-state index contributed by atoms with van der Waals surface area (Å²) < 4.78 is 21.2. The summed E-state index contributed by atoms with van der Waals surface area (Å²) in [7, 11) is 0. The van der Waals surface area contributed by atoms with Crippen LogP contribution in [0.3, 0.4) is 0 Å². The first-order chi connectivity index (χ1) is 12.9. The molecular weight excluding hydrogens is 364 g/mol. The molecule has 144 valence electrons. The van der Waals surface area contributed by atoms with Gasteiger partial charge in [0.05, 0.1) is 23.6 Å². The highest BCUT2D eigenvalue weighted by Crippen LogP contribution is 2.44. The van der Waals surface area contributed by atoms with Crippen LogP contribution < -0.4 is 10.4 Å². The third kappa shape index (κ3) is 2.74. The Kier molecular flexibility index (Phi) is 4.29. The van der Waals surface area contributed by atoms with Crippen molar-refractivity contribution in [2.75, 3.05) is 6.61 Å². The zero-order chi connectivity index (χ0) is 19.3. The molecule has 0 bridgehead atoms. The number of furan rings is 1. The number of benzene rings is 1. The van der Waals surface area contributed by atoms with Gasteiger partial charge in [0.15, 0.2) is 16.9 Å². The molecule has 3 aromatic rings. The number of aliphatic hydroxyl groups excluding tert-OH is 4. The number of hydrogen-bond acceptors (Lipinski definition) is 10. The smallest absolute Gasteiger partial charge is 0.336 e. The quantitative estimate of drug-likeness (QED) is 0.372. The maximum Gasteiger partial charge on any atom is 0.336 e. The average Bonchev–Trinajstić information content (AvgIpc) is 3.15. The van der Waals surface area contributed by atoms with Crippen molar-refractivity contribution in [2.45, 2.75) is 30.7 Å². The molecule has 1 aliphatic rings. The van der Waals surface area contributed by atoms with Gasteiger partial charge in [-0.1, -0.05) is 0 Å². The topological polar surface area (TPSA) is 163 Å². The van der Waals surface area contributed by atoms with Gasteiger partial charge in [-0.15, -0.1) is 0 Å². The van der Waals surface area contributed by atoms with Crippen LogP contribution in [0.25, 0.3) is 21.9 Å². The van der Waals surface area contributed by atoms with Crippen LogP contribution in [0.15, 0.2) is 38.1 Å². The van der Waals surface area contributed by atoms with Gasteiger partial charge in [-0.2, -0.15) is 0 Å². The normalized spacial score (nSPS) is 28.7. The SMILES string of the molecule is O=c1ccc2c(O[C@H]3O[C@@H](CO)[C@H](O)[C@@H](O)[C@@H]3O)c(O)c3occc3c2o1. The fourth-order valence-corrected chi connectivity index (χ4v) is 3.10. The zero-order valence-electron chi connectivity index (χ0n) is 13.7. The van der Waals surface area contributed by atoms with Crippen molar-refractivity contribution in [1.82, 2.24) is 0 Å². The van der Waals surface area contributed by atoms with E-state index in [0.29, 0.717) is 5.39 Å². The Balaban J connectivity index is 1.83. The molecule has 2 aromatic heterocycles. The Hall–Kier alpha value is -2.63. The number of hydrogen-bond donors (Lipinski definition) is 5. The van der Waals surface area contributed by atoms with E-state index in [1.165, 1.54) is 18.4 Å². The van der Waals surface area contributed by atoms with Gasteiger partial charge < -0.3 is 43.8 Å². The summed E-state index contributed by atoms with van der Waals surface area (Å²) in [5.74, 6) is -0.658. The Morgan fingerprint density at radius 1 is 1.00 bits per heavy atom.